The molecule has 0 N–H and O–H groups in total. The minimum Gasteiger partial charge on any atom is -0.376 e. The number of piperidine rings is 1. The van der Waals surface area contributed by atoms with E-state index in [1.54, 1.807) is 18.2 Å². The van der Waals surface area contributed by atoms with Gasteiger partial charge in [0.15, 0.2) is 5.78 Å². The Morgan fingerprint density at radius 3 is 2.54 bits per heavy atom. The number of halogens is 2. The van der Waals surface area contributed by atoms with Crippen LogP contribution in [0.5, 0.6) is 0 Å². The molecule has 39 heavy (non-hydrogen) atoms. The Labute approximate surface area is 236 Å². The highest BCUT2D eigenvalue weighted by atomic mass is 35.5. The highest BCUT2D eigenvalue weighted by molar-refractivity contribution is 6.29. The van der Waals surface area contributed by atoms with Crippen molar-refractivity contribution < 1.29 is 18.7 Å². The van der Waals surface area contributed by atoms with Crippen molar-refractivity contribution in [1.29, 1.82) is 0 Å². The van der Waals surface area contributed by atoms with Crippen molar-refractivity contribution in [3.8, 4) is 0 Å². The molecule has 0 saturated carbocycles. The summed E-state index contributed by atoms with van der Waals surface area (Å²) in [7, 11) is 0. The van der Waals surface area contributed by atoms with Crippen LogP contribution in [0.4, 0.5) is 4.39 Å². The van der Waals surface area contributed by atoms with Crippen molar-refractivity contribution in [2.24, 2.45) is 0 Å². The lowest BCUT2D eigenvalue weighted by Gasteiger charge is -2.41. The number of amides is 1. The Kier molecular flexibility index (Phi) is 10.5. The lowest BCUT2D eigenvalue weighted by molar-refractivity contribution is -0.135. The molecule has 2 aliphatic rings. The highest BCUT2D eigenvalue weighted by Gasteiger charge is 2.32. The predicted molar refractivity (Wildman–Crippen MR) is 152 cm³/mol. The summed E-state index contributed by atoms with van der Waals surface area (Å²) in [6.45, 7) is 9.21. The second-order valence-corrected chi connectivity index (χ2v) is 11.5. The van der Waals surface area contributed by atoms with E-state index in [1.165, 1.54) is 12.1 Å². The number of pyridine rings is 1. The molecule has 0 aliphatic carbocycles. The Bertz CT molecular complexity index is 1110. The third-order valence-corrected chi connectivity index (χ3v) is 8.44. The molecule has 0 spiro atoms. The first kappa shape index (κ1) is 29.6. The van der Waals surface area contributed by atoms with Crippen LogP contribution in [-0.4, -0.2) is 70.9 Å². The molecule has 3 heterocycles. The number of aryl methyl sites for hydroxylation is 2. The van der Waals surface area contributed by atoms with Gasteiger partial charge >= 0.3 is 0 Å². The molecular formula is C31H41ClFN3O3. The lowest BCUT2D eigenvalue weighted by Crippen LogP contribution is -2.51. The van der Waals surface area contributed by atoms with Crippen LogP contribution < -0.4 is 0 Å². The summed E-state index contributed by atoms with van der Waals surface area (Å²) in [5.41, 5.74) is 3.11. The molecule has 2 saturated heterocycles. The fourth-order valence-corrected chi connectivity index (χ4v) is 6.34. The average Bonchev–Trinajstić information content (AvgIpc) is 3.41. The zero-order chi connectivity index (χ0) is 27.9. The number of carbonyl (C=O) groups is 2. The van der Waals surface area contributed by atoms with E-state index in [1.807, 2.05) is 18.7 Å². The van der Waals surface area contributed by atoms with Gasteiger partial charge in [0.05, 0.1) is 18.2 Å². The molecule has 1 unspecified atom stereocenters. The van der Waals surface area contributed by atoms with E-state index >= 15 is 0 Å². The van der Waals surface area contributed by atoms with Crippen molar-refractivity contribution in [3.05, 3.63) is 63.7 Å². The molecule has 4 rings (SSSR count). The quantitative estimate of drug-likeness (QED) is 0.252. The summed E-state index contributed by atoms with van der Waals surface area (Å²) in [5.74, 6) is -0.0746. The topological polar surface area (TPSA) is 62.7 Å². The maximum absolute atomic E-state index is 13.4. The number of carbonyl (C=O) groups excluding carboxylic acids is 2. The minimum atomic E-state index is -0.291. The maximum Gasteiger partial charge on any atom is 0.227 e. The summed E-state index contributed by atoms with van der Waals surface area (Å²) in [4.78, 5) is 35.0. The number of benzene rings is 1. The molecule has 0 radical (unpaired) electrons. The third-order valence-electron chi connectivity index (χ3n) is 8.25. The molecule has 6 nitrogen and oxygen atoms in total. The highest BCUT2D eigenvalue weighted by Crippen LogP contribution is 2.25. The Balaban J connectivity index is 1.28. The number of Topliss-reactive ketones (excluding diaryl/α,β-unsaturated/α-hetero) is 1. The molecule has 1 aromatic heterocycles. The second-order valence-electron chi connectivity index (χ2n) is 11.1. The number of ether oxygens (including phenoxy) is 1. The van der Waals surface area contributed by atoms with Crippen LogP contribution in [0.1, 0.15) is 79.0 Å². The molecule has 1 aromatic carbocycles. The van der Waals surface area contributed by atoms with Gasteiger partial charge in [-0.05, 0) is 88.6 Å². The number of likely N-dealkylation sites (tertiary alicyclic amines) is 1. The smallest absolute Gasteiger partial charge is 0.227 e. The van der Waals surface area contributed by atoms with E-state index in [9.17, 15) is 14.0 Å². The van der Waals surface area contributed by atoms with Gasteiger partial charge in [-0.1, -0.05) is 23.7 Å². The zero-order valence-electron chi connectivity index (χ0n) is 23.4. The number of aromatic nitrogens is 1. The van der Waals surface area contributed by atoms with E-state index in [2.05, 4.69) is 16.8 Å². The van der Waals surface area contributed by atoms with E-state index in [0.29, 0.717) is 35.4 Å². The summed E-state index contributed by atoms with van der Waals surface area (Å²) in [5, 5.41) is 0.421. The molecule has 8 heteroatoms. The maximum atomic E-state index is 13.4. The molecule has 2 fully saturated rings. The molecule has 2 atom stereocenters. The average molecular weight is 558 g/mol. The van der Waals surface area contributed by atoms with Gasteiger partial charge in [-0.3, -0.25) is 9.59 Å². The van der Waals surface area contributed by atoms with Gasteiger partial charge in [-0.25, -0.2) is 9.37 Å². The molecule has 0 bridgehead atoms. The number of ketones is 1. The fourth-order valence-electron chi connectivity index (χ4n) is 6.05. The van der Waals surface area contributed by atoms with Crippen LogP contribution in [-0.2, 0) is 16.0 Å². The van der Waals surface area contributed by atoms with Gasteiger partial charge in [-0.2, -0.15) is 0 Å². The Morgan fingerprint density at radius 1 is 1.18 bits per heavy atom. The third kappa shape index (κ3) is 8.09. The van der Waals surface area contributed by atoms with E-state index in [4.69, 9.17) is 16.3 Å². The van der Waals surface area contributed by atoms with Crippen LogP contribution in [0.15, 0.2) is 30.3 Å². The predicted octanol–water partition coefficient (Wildman–Crippen LogP) is 5.95. The first-order valence-corrected chi connectivity index (χ1v) is 14.7. The minimum absolute atomic E-state index is 0.0874. The van der Waals surface area contributed by atoms with Crippen LogP contribution >= 0.6 is 11.6 Å². The van der Waals surface area contributed by atoms with Crippen LogP contribution in [0.25, 0.3) is 0 Å². The Morgan fingerprint density at radius 2 is 1.90 bits per heavy atom. The summed E-state index contributed by atoms with van der Waals surface area (Å²) < 4.78 is 19.2. The molecule has 212 valence electrons. The molecule has 2 aliphatic heterocycles. The van der Waals surface area contributed by atoms with Crippen molar-refractivity contribution in [2.75, 3.05) is 26.2 Å². The Hall–Kier alpha value is -2.35. The molecular weight excluding hydrogens is 517 g/mol. The molecule has 2 aromatic rings. The van der Waals surface area contributed by atoms with Gasteiger partial charge in [0.2, 0.25) is 5.91 Å². The summed E-state index contributed by atoms with van der Waals surface area (Å²) in [6.07, 6.45) is 6.50. The standard InChI is InChI=1S/C31H41ClFN3O3/c1-21-18-29(32)34-23(3)31(21)28(37)8-4-6-22(2)35-15-13-26(14-16-35)36(20-27-7-5-17-39-27)30(38)19-24-9-11-25(33)12-10-24/h9-12,18,22,26-27H,4-8,13-17,19-20H2,1-3H3/t22-,27?/m1/s1. The van der Waals surface area contributed by atoms with Crippen molar-refractivity contribution in [2.45, 2.75) is 90.3 Å². The second kappa shape index (κ2) is 13.8. The number of hydrogen-bond acceptors (Lipinski definition) is 5. The summed E-state index contributed by atoms with van der Waals surface area (Å²) >= 11 is 6.02. The lowest BCUT2D eigenvalue weighted by atomic mass is 9.96. The SMILES string of the molecule is Cc1cc(Cl)nc(C)c1C(=O)CCC[C@@H](C)N1CCC(N(CC2CCCO2)C(=O)Cc2ccc(F)cc2)CC1. The van der Waals surface area contributed by atoms with Crippen LogP contribution in [0, 0.1) is 19.7 Å². The zero-order valence-corrected chi connectivity index (χ0v) is 24.2. The van der Waals surface area contributed by atoms with E-state index < -0.39 is 0 Å². The van der Waals surface area contributed by atoms with Crippen molar-refractivity contribution in [3.63, 3.8) is 0 Å². The normalized spacial score (nSPS) is 19.3. The van der Waals surface area contributed by atoms with E-state index in [0.717, 1.165) is 69.3 Å². The number of rotatable bonds is 11. The molecule has 1 amide bonds. The fraction of sp³-hybridized carbons (Fsp3) is 0.581. The number of nitrogens with zero attached hydrogens (tertiary/aromatic N) is 3. The monoisotopic (exact) mass is 557 g/mol. The van der Waals surface area contributed by atoms with Crippen LogP contribution in [0.3, 0.4) is 0 Å². The largest absolute Gasteiger partial charge is 0.376 e. The van der Waals surface area contributed by atoms with E-state index in [-0.39, 0.29) is 36.1 Å². The van der Waals surface area contributed by atoms with Gasteiger partial charge in [0, 0.05) is 50.3 Å². The van der Waals surface area contributed by atoms with Gasteiger partial charge < -0.3 is 14.5 Å². The summed E-state index contributed by atoms with van der Waals surface area (Å²) in [6, 6.07) is 8.50. The van der Waals surface area contributed by atoms with Crippen LogP contribution in [0.2, 0.25) is 5.15 Å². The first-order valence-electron chi connectivity index (χ1n) is 14.3. The van der Waals surface area contributed by atoms with Gasteiger partial charge in [0.1, 0.15) is 11.0 Å². The van der Waals surface area contributed by atoms with Crippen molar-refractivity contribution in [1.82, 2.24) is 14.8 Å². The first-order chi connectivity index (χ1) is 18.7. The van der Waals surface area contributed by atoms with Crippen molar-refractivity contribution >= 4 is 23.3 Å². The van der Waals surface area contributed by atoms with Gasteiger partial charge in [0.25, 0.3) is 0 Å². The van der Waals surface area contributed by atoms with Gasteiger partial charge in [-0.15, -0.1) is 0 Å². The number of hydrogen-bond donors (Lipinski definition) is 0.